The molecule has 2 aromatic rings. The number of hydrogen-bond acceptors (Lipinski definition) is 4. The smallest absolute Gasteiger partial charge is 0.151 e. The van der Waals surface area contributed by atoms with Crippen LogP contribution in [0.2, 0.25) is 0 Å². The van der Waals surface area contributed by atoms with Crippen molar-refractivity contribution in [2.45, 2.75) is 30.1 Å². The molecule has 0 aromatic heterocycles. The van der Waals surface area contributed by atoms with Gasteiger partial charge in [-0.1, -0.05) is 43.8 Å². The number of fused-ring (bicyclic) bond motifs is 2. The second-order valence-electron chi connectivity index (χ2n) is 5.97. The van der Waals surface area contributed by atoms with Crippen molar-refractivity contribution in [3.63, 3.8) is 0 Å². The number of carbonyl (C=O) groups is 1. The van der Waals surface area contributed by atoms with E-state index < -0.39 is 0 Å². The molecule has 3 rings (SSSR count). The van der Waals surface area contributed by atoms with Crippen molar-refractivity contribution in [3.8, 4) is 0 Å². The molecule has 0 saturated carbocycles. The van der Waals surface area contributed by atoms with Gasteiger partial charge in [-0.2, -0.15) is 0 Å². The van der Waals surface area contributed by atoms with Gasteiger partial charge in [-0.15, -0.1) is 0 Å². The van der Waals surface area contributed by atoms with E-state index in [-0.39, 0.29) is 0 Å². The van der Waals surface area contributed by atoms with Gasteiger partial charge in [0.2, 0.25) is 0 Å². The van der Waals surface area contributed by atoms with Crippen molar-refractivity contribution in [1.29, 1.82) is 0 Å². The first-order valence-electron chi connectivity index (χ1n) is 8.59. The Labute approximate surface area is 148 Å². The summed E-state index contributed by atoms with van der Waals surface area (Å²) in [5.41, 5.74) is 4.54. The van der Waals surface area contributed by atoms with Crippen molar-refractivity contribution in [1.82, 2.24) is 4.90 Å². The summed E-state index contributed by atoms with van der Waals surface area (Å²) in [6, 6.07) is 12.5. The van der Waals surface area contributed by atoms with Gasteiger partial charge in [-0.3, -0.25) is 4.79 Å². The van der Waals surface area contributed by atoms with E-state index in [0.717, 1.165) is 55.0 Å². The van der Waals surface area contributed by atoms with Crippen LogP contribution in [0, 0.1) is 0 Å². The van der Waals surface area contributed by atoms with E-state index in [2.05, 4.69) is 54.4 Å². The van der Waals surface area contributed by atoms with Gasteiger partial charge in [-0.25, -0.2) is 0 Å². The van der Waals surface area contributed by atoms with Crippen molar-refractivity contribution >= 4 is 23.7 Å². The Morgan fingerprint density at radius 2 is 1.96 bits per heavy atom. The first-order valence-corrected chi connectivity index (χ1v) is 9.41. The summed E-state index contributed by atoms with van der Waals surface area (Å²) in [6.45, 7) is 8.48. The minimum Gasteiger partial charge on any atom is -0.383 e. The summed E-state index contributed by atoms with van der Waals surface area (Å²) >= 11 is 1.71. The van der Waals surface area contributed by atoms with Crippen LogP contribution in [0.4, 0.5) is 5.69 Å². The lowest BCUT2D eigenvalue weighted by Gasteiger charge is -2.24. The van der Waals surface area contributed by atoms with E-state index in [4.69, 9.17) is 0 Å². The summed E-state index contributed by atoms with van der Waals surface area (Å²) in [7, 11) is 0. The molecule has 0 radical (unpaired) electrons. The highest BCUT2D eigenvalue weighted by atomic mass is 32.2. The Balaban J connectivity index is 1.84. The Kier molecular flexibility index (Phi) is 5.59. The zero-order chi connectivity index (χ0) is 16.9. The minimum absolute atomic E-state index is 0.791. The normalized spacial score (nSPS) is 12.6. The van der Waals surface area contributed by atoms with Gasteiger partial charge in [0.25, 0.3) is 0 Å². The molecule has 1 aliphatic heterocycles. The first-order chi connectivity index (χ1) is 11.8. The predicted molar refractivity (Wildman–Crippen MR) is 101 cm³/mol. The zero-order valence-electron chi connectivity index (χ0n) is 14.3. The van der Waals surface area contributed by atoms with Crippen LogP contribution in [0.3, 0.4) is 0 Å². The molecule has 0 spiro atoms. The number of likely N-dealkylation sites (N-methyl/N-ethyl adjacent to an activating group) is 1. The third-order valence-corrected chi connectivity index (χ3v) is 5.91. The largest absolute Gasteiger partial charge is 0.383 e. The van der Waals surface area contributed by atoms with Crippen molar-refractivity contribution in [2.75, 3.05) is 31.5 Å². The minimum atomic E-state index is 0.791. The van der Waals surface area contributed by atoms with Crippen molar-refractivity contribution in [3.05, 3.63) is 53.1 Å². The highest BCUT2D eigenvalue weighted by Gasteiger charge is 2.21. The van der Waals surface area contributed by atoms with Crippen LogP contribution in [0.1, 0.15) is 35.3 Å². The molecule has 1 N–H and O–H groups in total. The van der Waals surface area contributed by atoms with E-state index in [0.29, 0.717) is 0 Å². The van der Waals surface area contributed by atoms with Crippen LogP contribution in [-0.2, 0) is 6.42 Å². The fraction of sp³-hybridized carbons (Fsp3) is 0.350. The molecule has 0 unspecified atom stereocenters. The molecule has 0 aliphatic carbocycles. The number of rotatable bonds is 7. The zero-order valence-corrected chi connectivity index (χ0v) is 15.2. The number of nitrogens with one attached hydrogen (secondary N) is 1. The van der Waals surface area contributed by atoms with E-state index in [1.807, 2.05) is 6.07 Å². The lowest BCUT2D eigenvalue weighted by molar-refractivity contribution is 0.112. The Morgan fingerprint density at radius 1 is 1.17 bits per heavy atom. The molecule has 0 bridgehead atoms. The summed E-state index contributed by atoms with van der Waals surface area (Å²) in [4.78, 5) is 16.2. The second-order valence-corrected chi connectivity index (χ2v) is 7.02. The summed E-state index contributed by atoms with van der Waals surface area (Å²) < 4.78 is 0. The lowest BCUT2D eigenvalue weighted by Crippen LogP contribution is -2.28. The summed E-state index contributed by atoms with van der Waals surface area (Å²) in [5.74, 6) is 0. The van der Waals surface area contributed by atoms with E-state index in [9.17, 15) is 4.79 Å². The van der Waals surface area contributed by atoms with Gasteiger partial charge in [-0.05, 0) is 42.4 Å². The third kappa shape index (κ3) is 3.50. The fourth-order valence-corrected chi connectivity index (χ4v) is 4.32. The average molecular weight is 340 g/mol. The van der Waals surface area contributed by atoms with Gasteiger partial charge in [0.15, 0.2) is 6.29 Å². The topological polar surface area (TPSA) is 32.3 Å². The first kappa shape index (κ1) is 17.1. The fourth-order valence-electron chi connectivity index (χ4n) is 3.14. The summed E-state index contributed by atoms with van der Waals surface area (Å²) in [6.07, 6.45) is 1.85. The molecule has 0 fully saturated rings. The molecule has 0 saturated heterocycles. The van der Waals surface area contributed by atoms with Gasteiger partial charge >= 0.3 is 0 Å². The lowest BCUT2D eigenvalue weighted by atomic mass is 10.00. The van der Waals surface area contributed by atoms with E-state index in [1.54, 1.807) is 11.8 Å². The molecule has 1 heterocycles. The molecule has 4 heteroatoms. The Hall–Kier alpha value is -1.78. The highest BCUT2D eigenvalue weighted by Crippen LogP contribution is 2.43. The molecular weight excluding hydrogens is 316 g/mol. The molecule has 24 heavy (non-hydrogen) atoms. The molecule has 0 atom stereocenters. The van der Waals surface area contributed by atoms with Crippen molar-refractivity contribution < 1.29 is 4.79 Å². The molecule has 2 aromatic carbocycles. The predicted octanol–water partition coefficient (Wildman–Crippen LogP) is 4.31. The van der Waals surface area contributed by atoms with Crippen LogP contribution in [-0.4, -0.2) is 37.4 Å². The van der Waals surface area contributed by atoms with E-state index in [1.165, 1.54) is 16.0 Å². The maximum Gasteiger partial charge on any atom is 0.151 e. The van der Waals surface area contributed by atoms with E-state index >= 15 is 0 Å². The number of anilines is 1. The van der Waals surface area contributed by atoms with Gasteiger partial charge < -0.3 is 10.2 Å². The van der Waals surface area contributed by atoms with Gasteiger partial charge in [0.1, 0.15) is 0 Å². The number of nitrogens with zero attached hydrogens (tertiary/aromatic N) is 1. The monoisotopic (exact) mass is 340 g/mol. The van der Waals surface area contributed by atoms with Crippen LogP contribution < -0.4 is 5.32 Å². The third-order valence-electron chi connectivity index (χ3n) is 4.61. The van der Waals surface area contributed by atoms with Gasteiger partial charge in [0, 0.05) is 40.6 Å². The number of benzene rings is 2. The number of hydrogen-bond donors (Lipinski definition) is 1. The Morgan fingerprint density at radius 3 is 2.71 bits per heavy atom. The molecule has 126 valence electrons. The SMILES string of the molecule is CCN(CC)CCNc1ccc(C=O)c2c1Cc1ccccc1S2. The molecule has 1 aliphatic rings. The van der Waals surface area contributed by atoms with Crippen LogP contribution >= 0.6 is 11.8 Å². The maximum atomic E-state index is 11.4. The van der Waals surface area contributed by atoms with Crippen LogP contribution in [0.5, 0.6) is 0 Å². The maximum absolute atomic E-state index is 11.4. The molecule has 0 amide bonds. The van der Waals surface area contributed by atoms with Gasteiger partial charge in [0.05, 0.1) is 0 Å². The number of carbonyl (C=O) groups excluding carboxylic acids is 1. The standard InChI is InChI=1S/C20H24N2OS/c1-3-22(4-2)12-11-21-18-10-9-16(14-23)20-17(18)13-15-7-5-6-8-19(15)24-20/h5-10,14,21H,3-4,11-13H2,1-2H3. The summed E-state index contributed by atoms with van der Waals surface area (Å²) in [5, 5.41) is 3.58. The average Bonchev–Trinajstić information content (AvgIpc) is 2.63. The van der Waals surface area contributed by atoms with Crippen molar-refractivity contribution in [2.24, 2.45) is 0 Å². The quantitative estimate of drug-likeness (QED) is 0.650. The second kappa shape index (κ2) is 7.86. The molecular formula is C20H24N2OS. The Bertz CT molecular complexity index is 726. The van der Waals surface area contributed by atoms with Crippen LogP contribution in [0.15, 0.2) is 46.2 Å². The van der Waals surface area contributed by atoms with Crippen LogP contribution in [0.25, 0.3) is 0 Å². The highest BCUT2D eigenvalue weighted by molar-refractivity contribution is 7.99. The number of aldehydes is 1. The molecule has 3 nitrogen and oxygen atoms in total.